The summed E-state index contributed by atoms with van der Waals surface area (Å²) in [5.74, 6) is 0.172. The Morgan fingerprint density at radius 1 is 1.11 bits per heavy atom. The lowest BCUT2D eigenvalue weighted by Gasteiger charge is -2.21. The summed E-state index contributed by atoms with van der Waals surface area (Å²) in [4.78, 5) is 27.8. The number of nitrogens with one attached hydrogen (secondary N) is 1. The number of hydrogen-bond donors (Lipinski definition) is 2. The van der Waals surface area contributed by atoms with Crippen molar-refractivity contribution in [1.82, 2.24) is 29.5 Å². The highest BCUT2D eigenvalue weighted by Crippen LogP contribution is 2.36. The van der Waals surface area contributed by atoms with E-state index < -0.39 is 5.60 Å². The summed E-state index contributed by atoms with van der Waals surface area (Å²) >= 11 is 1.48. The molecule has 1 amide bonds. The third-order valence-corrected chi connectivity index (χ3v) is 7.08. The molecule has 4 aromatic heterocycles. The van der Waals surface area contributed by atoms with Crippen LogP contribution in [0.3, 0.4) is 0 Å². The van der Waals surface area contributed by atoms with Crippen molar-refractivity contribution in [2.75, 3.05) is 18.9 Å². The number of anilines is 2. The maximum atomic E-state index is 12.5. The molecule has 6 rings (SSSR count). The van der Waals surface area contributed by atoms with Gasteiger partial charge >= 0.3 is 0 Å². The Hall–Kier alpha value is -4.15. The monoisotopic (exact) mass is 483 g/mol. The fourth-order valence-electron chi connectivity index (χ4n) is 4.27. The number of rotatable bonds is 5. The van der Waals surface area contributed by atoms with E-state index in [1.54, 1.807) is 34.9 Å². The second-order valence-corrected chi connectivity index (χ2v) is 9.29. The van der Waals surface area contributed by atoms with Gasteiger partial charge in [0.15, 0.2) is 5.60 Å². The fourth-order valence-corrected chi connectivity index (χ4v) is 5.08. The van der Waals surface area contributed by atoms with E-state index in [1.165, 1.54) is 11.3 Å². The van der Waals surface area contributed by atoms with Gasteiger partial charge in [-0.15, -0.1) is 11.3 Å². The van der Waals surface area contributed by atoms with E-state index in [0.717, 1.165) is 27.5 Å². The Bertz CT molecular complexity index is 1560. The van der Waals surface area contributed by atoms with Crippen LogP contribution in [-0.2, 0) is 10.4 Å². The standard InChI is InChI=1S/C25H21N7O2S/c1-31-12-9-25(34,23(31)33)17-6-4-5-16(13-17)22-28-20(15-35-22)18-8-10-26-24(29-18)30-19-14-27-32-11-3-2-7-21(19)32/h2-8,10-11,13-15,34H,9,12H2,1H3,(H,26,29,30)/t25-/m1/s1. The number of hydrogen-bond acceptors (Lipinski definition) is 8. The summed E-state index contributed by atoms with van der Waals surface area (Å²) in [7, 11) is 1.71. The first-order valence-corrected chi connectivity index (χ1v) is 12.0. The van der Waals surface area contributed by atoms with Crippen LogP contribution in [-0.4, -0.2) is 54.1 Å². The van der Waals surface area contributed by atoms with E-state index in [0.29, 0.717) is 30.2 Å². The second kappa shape index (κ2) is 8.26. The zero-order valence-corrected chi connectivity index (χ0v) is 19.6. The van der Waals surface area contributed by atoms with Crippen LogP contribution >= 0.6 is 11.3 Å². The van der Waals surface area contributed by atoms with Crippen molar-refractivity contribution in [3.63, 3.8) is 0 Å². The van der Waals surface area contributed by atoms with E-state index in [1.807, 2.05) is 54.0 Å². The van der Waals surface area contributed by atoms with Crippen molar-refractivity contribution in [1.29, 1.82) is 0 Å². The summed E-state index contributed by atoms with van der Waals surface area (Å²) in [6.07, 6.45) is 5.68. The van der Waals surface area contributed by atoms with Crippen LogP contribution in [0.25, 0.3) is 27.5 Å². The first-order chi connectivity index (χ1) is 17.0. The molecule has 1 aliphatic heterocycles. The topological polar surface area (TPSA) is 109 Å². The van der Waals surface area contributed by atoms with E-state index in [9.17, 15) is 9.90 Å². The predicted molar refractivity (Wildman–Crippen MR) is 133 cm³/mol. The van der Waals surface area contributed by atoms with Crippen LogP contribution in [0.5, 0.6) is 0 Å². The van der Waals surface area contributed by atoms with E-state index in [2.05, 4.69) is 20.4 Å². The average Bonchev–Trinajstić information content (AvgIpc) is 3.61. The SMILES string of the molecule is CN1CC[C@@](O)(c2cccc(-c3nc(-c4ccnc(Nc5cnn6ccccc56)n4)cs3)c2)C1=O. The maximum Gasteiger partial charge on any atom is 0.258 e. The van der Waals surface area contributed by atoms with Crippen LogP contribution in [0, 0.1) is 0 Å². The molecule has 1 fully saturated rings. The van der Waals surface area contributed by atoms with Crippen molar-refractivity contribution in [2.45, 2.75) is 12.0 Å². The van der Waals surface area contributed by atoms with Gasteiger partial charge in [0.25, 0.3) is 5.91 Å². The number of nitrogens with zero attached hydrogens (tertiary/aromatic N) is 6. The van der Waals surface area contributed by atoms with E-state index >= 15 is 0 Å². The summed E-state index contributed by atoms with van der Waals surface area (Å²) in [6, 6.07) is 15.1. The van der Waals surface area contributed by atoms with Crippen LogP contribution in [0.2, 0.25) is 0 Å². The molecular weight excluding hydrogens is 462 g/mol. The third kappa shape index (κ3) is 3.72. The van der Waals surface area contributed by atoms with Crippen molar-refractivity contribution < 1.29 is 9.90 Å². The van der Waals surface area contributed by atoms with Gasteiger partial charge in [0.2, 0.25) is 5.95 Å². The summed E-state index contributed by atoms with van der Waals surface area (Å²) in [5, 5.41) is 21.3. The quantitative estimate of drug-likeness (QED) is 0.392. The van der Waals surface area contributed by atoms with E-state index in [4.69, 9.17) is 4.98 Å². The molecule has 10 heteroatoms. The van der Waals surface area contributed by atoms with Gasteiger partial charge in [0, 0.05) is 43.4 Å². The lowest BCUT2D eigenvalue weighted by molar-refractivity contribution is -0.143. The molecule has 0 aliphatic carbocycles. The van der Waals surface area contributed by atoms with Gasteiger partial charge < -0.3 is 15.3 Å². The summed E-state index contributed by atoms with van der Waals surface area (Å²) in [6.45, 7) is 0.528. The van der Waals surface area contributed by atoms with Gasteiger partial charge in [-0.2, -0.15) is 5.10 Å². The molecule has 1 aromatic carbocycles. The summed E-state index contributed by atoms with van der Waals surface area (Å²) < 4.78 is 1.78. The first-order valence-electron chi connectivity index (χ1n) is 11.1. The average molecular weight is 484 g/mol. The molecule has 9 nitrogen and oxygen atoms in total. The van der Waals surface area contributed by atoms with Crippen LogP contribution < -0.4 is 5.32 Å². The highest BCUT2D eigenvalue weighted by atomic mass is 32.1. The minimum absolute atomic E-state index is 0.276. The molecule has 5 heterocycles. The minimum atomic E-state index is -1.49. The number of amides is 1. The smallest absolute Gasteiger partial charge is 0.258 e. The lowest BCUT2D eigenvalue weighted by atomic mass is 9.91. The number of carbonyl (C=O) groups is 1. The molecule has 174 valence electrons. The fraction of sp³-hybridized carbons (Fsp3) is 0.160. The first kappa shape index (κ1) is 21.4. The molecule has 1 aliphatic rings. The Labute approximate surface area is 204 Å². The molecule has 5 aromatic rings. The number of carbonyl (C=O) groups excluding carboxylic acids is 1. The molecule has 0 bridgehead atoms. The van der Waals surface area contributed by atoms with Gasteiger partial charge in [0.1, 0.15) is 10.7 Å². The van der Waals surface area contributed by atoms with Crippen LogP contribution in [0.15, 0.2) is 72.5 Å². The predicted octanol–water partition coefficient (Wildman–Crippen LogP) is 3.71. The van der Waals surface area contributed by atoms with Gasteiger partial charge in [-0.25, -0.2) is 19.5 Å². The highest BCUT2D eigenvalue weighted by Gasteiger charge is 2.45. The molecule has 0 unspecified atom stereocenters. The van der Waals surface area contributed by atoms with Crippen molar-refractivity contribution in [2.24, 2.45) is 0 Å². The highest BCUT2D eigenvalue weighted by molar-refractivity contribution is 7.13. The van der Waals surface area contributed by atoms with E-state index in [-0.39, 0.29) is 5.91 Å². The normalized spacial score (nSPS) is 17.9. The van der Waals surface area contributed by atoms with Crippen molar-refractivity contribution in [3.05, 3.63) is 78.1 Å². The number of thiazole rings is 1. The Morgan fingerprint density at radius 3 is 2.89 bits per heavy atom. The van der Waals surface area contributed by atoms with Gasteiger partial charge in [-0.1, -0.05) is 24.3 Å². The van der Waals surface area contributed by atoms with Gasteiger partial charge in [-0.05, 0) is 29.8 Å². The zero-order valence-electron chi connectivity index (χ0n) is 18.8. The molecule has 35 heavy (non-hydrogen) atoms. The molecule has 0 spiro atoms. The number of aromatic nitrogens is 5. The molecule has 1 atom stereocenters. The Kier molecular flexibility index (Phi) is 5.05. The molecular formula is C25H21N7O2S. The van der Waals surface area contributed by atoms with Crippen molar-refractivity contribution in [3.8, 4) is 22.0 Å². The van der Waals surface area contributed by atoms with Gasteiger partial charge in [-0.3, -0.25) is 4.79 Å². The minimum Gasteiger partial charge on any atom is -0.375 e. The summed E-state index contributed by atoms with van der Waals surface area (Å²) in [5.41, 5.74) is 3.07. The number of aliphatic hydroxyl groups is 1. The Morgan fingerprint density at radius 2 is 2.03 bits per heavy atom. The molecule has 0 saturated carbocycles. The van der Waals surface area contributed by atoms with Crippen LogP contribution in [0.1, 0.15) is 12.0 Å². The second-order valence-electron chi connectivity index (χ2n) is 8.43. The van der Waals surface area contributed by atoms with Crippen molar-refractivity contribution >= 4 is 34.4 Å². The number of benzene rings is 1. The largest absolute Gasteiger partial charge is 0.375 e. The maximum absolute atomic E-state index is 12.5. The number of fused-ring (bicyclic) bond motifs is 1. The lowest BCUT2D eigenvalue weighted by Crippen LogP contribution is -2.36. The van der Waals surface area contributed by atoms with Gasteiger partial charge in [0.05, 0.1) is 23.1 Å². The molecule has 1 saturated heterocycles. The third-order valence-electron chi connectivity index (χ3n) is 6.19. The molecule has 0 radical (unpaired) electrons. The number of likely N-dealkylation sites (N-methyl/N-ethyl adjacent to an activating group) is 1. The number of pyridine rings is 1. The molecule has 2 N–H and O–H groups in total. The zero-order chi connectivity index (χ0) is 24.0. The van der Waals surface area contributed by atoms with Crippen LogP contribution in [0.4, 0.5) is 11.6 Å². The Balaban J connectivity index is 1.27. The number of likely N-dealkylation sites (tertiary alicyclic amines) is 1.